The quantitative estimate of drug-likeness (QED) is 0.473. The van der Waals surface area contributed by atoms with Gasteiger partial charge in [0.1, 0.15) is 19.3 Å². The van der Waals surface area contributed by atoms with Crippen molar-refractivity contribution in [1.82, 2.24) is 5.32 Å². The molecule has 1 aliphatic carbocycles. The zero-order chi connectivity index (χ0) is 23.9. The highest BCUT2D eigenvalue weighted by Gasteiger charge is 2.29. The lowest BCUT2D eigenvalue weighted by Crippen LogP contribution is -2.45. The summed E-state index contributed by atoms with van der Waals surface area (Å²) in [5.41, 5.74) is 10.7. The van der Waals surface area contributed by atoms with Crippen LogP contribution >= 0.6 is 0 Å². The summed E-state index contributed by atoms with van der Waals surface area (Å²) in [7, 11) is 0. The van der Waals surface area contributed by atoms with E-state index in [4.69, 9.17) is 15.2 Å². The van der Waals surface area contributed by atoms with E-state index in [2.05, 4.69) is 5.32 Å². The zero-order valence-electron chi connectivity index (χ0n) is 18.6. The Labute approximate surface area is 197 Å². The number of amides is 2. The molecule has 1 atom stereocenters. The van der Waals surface area contributed by atoms with E-state index in [1.165, 1.54) is 0 Å². The van der Waals surface area contributed by atoms with Gasteiger partial charge in [0.2, 0.25) is 5.91 Å². The summed E-state index contributed by atoms with van der Waals surface area (Å²) in [6, 6.07) is 24.2. The molecule has 0 saturated carbocycles. The highest BCUT2D eigenvalue weighted by Crippen LogP contribution is 2.44. The lowest BCUT2D eigenvalue weighted by atomic mass is 9.98. The second-order valence-corrected chi connectivity index (χ2v) is 8.11. The molecule has 3 N–H and O–H groups in total. The third-order valence-electron chi connectivity index (χ3n) is 5.86. The van der Waals surface area contributed by atoms with Crippen LogP contribution in [-0.2, 0) is 25.7 Å². The van der Waals surface area contributed by atoms with E-state index < -0.39 is 24.0 Å². The van der Waals surface area contributed by atoms with Gasteiger partial charge >= 0.3 is 12.1 Å². The van der Waals surface area contributed by atoms with E-state index in [9.17, 15) is 14.4 Å². The number of fused-ring (bicyclic) bond motifs is 3. The third-order valence-corrected chi connectivity index (χ3v) is 5.86. The molecule has 0 fully saturated rings. The van der Waals surface area contributed by atoms with Crippen LogP contribution in [0.25, 0.3) is 11.1 Å². The highest BCUT2D eigenvalue weighted by molar-refractivity contribution is 5.85. The average Bonchev–Trinajstić information content (AvgIpc) is 3.18. The largest absolute Gasteiger partial charge is 0.461 e. The van der Waals surface area contributed by atoms with Gasteiger partial charge in [0, 0.05) is 12.3 Å². The van der Waals surface area contributed by atoms with E-state index >= 15 is 0 Å². The number of primary amides is 1. The van der Waals surface area contributed by atoms with Crippen LogP contribution < -0.4 is 11.1 Å². The number of ether oxygens (including phenoxy) is 2. The molecule has 174 valence electrons. The summed E-state index contributed by atoms with van der Waals surface area (Å²) in [6.45, 7) is 0.255. The molecule has 4 rings (SSSR count). The summed E-state index contributed by atoms with van der Waals surface area (Å²) in [5.74, 6) is -1.33. The fraction of sp³-hybridized carbons (Fsp3) is 0.222. The van der Waals surface area contributed by atoms with Gasteiger partial charge < -0.3 is 20.5 Å². The summed E-state index contributed by atoms with van der Waals surface area (Å²) in [6.07, 6.45) is -0.805. The Hall–Kier alpha value is -4.13. The number of carbonyl (C=O) groups is 3. The molecular formula is C27H26N2O5. The van der Waals surface area contributed by atoms with Crippen LogP contribution in [0, 0.1) is 0 Å². The van der Waals surface area contributed by atoms with Gasteiger partial charge in [-0.2, -0.15) is 0 Å². The van der Waals surface area contributed by atoms with Crippen molar-refractivity contribution in [3.8, 4) is 11.1 Å². The van der Waals surface area contributed by atoms with Crippen LogP contribution in [0.4, 0.5) is 4.79 Å². The van der Waals surface area contributed by atoms with Crippen LogP contribution in [0.2, 0.25) is 0 Å². The molecule has 0 bridgehead atoms. The molecule has 34 heavy (non-hydrogen) atoms. The van der Waals surface area contributed by atoms with E-state index in [-0.39, 0.29) is 32.0 Å². The van der Waals surface area contributed by atoms with Crippen molar-refractivity contribution in [2.75, 3.05) is 6.61 Å². The molecule has 0 aliphatic heterocycles. The minimum atomic E-state index is -1.04. The van der Waals surface area contributed by atoms with Gasteiger partial charge in [-0.25, -0.2) is 4.79 Å². The SMILES string of the molecule is NC(=O)[C@H](CCC(=O)OCc1ccccc1)NC(=O)OCC1c2ccccc2-c2ccccc21. The van der Waals surface area contributed by atoms with Gasteiger partial charge in [-0.15, -0.1) is 0 Å². The number of rotatable bonds is 9. The third kappa shape index (κ3) is 5.43. The Kier molecular flexibility index (Phi) is 7.22. The first-order chi connectivity index (χ1) is 16.5. The summed E-state index contributed by atoms with van der Waals surface area (Å²) < 4.78 is 10.7. The molecule has 0 radical (unpaired) electrons. The molecule has 7 nitrogen and oxygen atoms in total. The van der Waals surface area contributed by atoms with Crippen LogP contribution in [0.1, 0.15) is 35.4 Å². The van der Waals surface area contributed by atoms with E-state index in [1.54, 1.807) is 0 Å². The predicted octanol–water partition coefficient (Wildman–Crippen LogP) is 3.90. The van der Waals surface area contributed by atoms with E-state index in [0.717, 1.165) is 27.8 Å². The number of esters is 1. The molecule has 7 heteroatoms. The molecule has 0 saturated heterocycles. The van der Waals surface area contributed by atoms with Crippen molar-refractivity contribution in [2.45, 2.75) is 31.4 Å². The number of hydrogen-bond acceptors (Lipinski definition) is 5. The number of carbonyl (C=O) groups excluding carboxylic acids is 3. The van der Waals surface area contributed by atoms with Gasteiger partial charge in [0.15, 0.2) is 0 Å². The van der Waals surface area contributed by atoms with Crippen molar-refractivity contribution < 1.29 is 23.9 Å². The second kappa shape index (κ2) is 10.7. The lowest BCUT2D eigenvalue weighted by Gasteiger charge is -2.18. The minimum Gasteiger partial charge on any atom is -0.461 e. The standard InChI is InChI=1S/C27H26N2O5/c28-26(31)24(14-15-25(30)33-16-18-8-2-1-3-9-18)29-27(32)34-17-23-21-12-6-4-10-19(21)20-11-5-7-13-22(20)23/h1-13,23-24H,14-17H2,(H2,28,31)(H,29,32)/t24-/m0/s1. The maximum Gasteiger partial charge on any atom is 0.407 e. The number of benzene rings is 3. The van der Waals surface area contributed by atoms with Gasteiger partial charge in [-0.1, -0.05) is 78.9 Å². The molecule has 1 aliphatic rings. The van der Waals surface area contributed by atoms with Gasteiger partial charge in [-0.3, -0.25) is 9.59 Å². The van der Waals surface area contributed by atoms with Crippen molar-refractivity contribution in [1.29, 1.82) is 0 Å². The van der Waals surface area contributed by atoms with E-state index in [0.29, 0.717) is 0 Å². The number of hydrogen-bond donors (Lipinski definition) is 2. The van der Waals surface area contributed by atoms with Gasteiger partial charge in [0.05, 0.1) is 0 Å². The fourth-order valence-electron chi connectivity index (χ4n) is 4.14. The van der Waals surface area contributed by atoms with Crippen LogP contribution in [0.15, 0.2) is 78.9 Å². The fourth-order valence-corrected chi connectivity index (χ4v) is 4.14. The maximum atomic E-state index is 12.4. The average molecular weight is 459 g/mol. The lowest BCUT2D eigenvalue weighted by molar-refractivity contribution is -0.145. The first-order valence-electron chi connectivity index (χ1n) is 11.1. The summed E-state index contributed by atoms with van der Waals surface area (Å²) >= 11 is 0. The van der Waals surface area contributed by atoms with Gasteiger partial charge in [0.25, 0.3) is 0 Å². The first-order valence-corrected chi connectivity index (χ1v) is 11.1. The molecule has 3 aromatic rings. The first kappa shape index (κ1) is 23.0. The number of nitrogens with one attached hydrogen (secondary N) is 1. The maximum absolute atomic E-state index is 12.4. The Morgan fingerprint density at radius 1 is 0.824 bits per heavy atom. The second-order valence-electron chi connectivity index (χ2n) is 8.11. The molecule has 3 aromatic carbocycles. The van der Waals surface area contributed by atoms with E-state index in [1.807, 2.05) is 78.9 Å². The van der Waals surface area contributed by atoms with Crippen LogP contribution in [-0.4, -0.2) is 30.6 Å². The normalized spacial score (nSPS) is 12.8. The molecule has 0 aromatic heterocycles. The summed E-state index contributed by atoms with van der Waals surface area (Å²) in [4.78, 5) is 36.3. The monoisotopic (exact) mass is 458 g/mol. The van der Waals surface area contributed by atoms with Crippen LogP contribution in [0.5, 0.6) is 0 Å². The Balaban J connectivity index is 1.29. The minimum absolute atomic E-state index is 0.0210. The molecule has 2 amide bonds. The highest BCUT2D eigenvalue weighted by atomic mass is 16.5. The predicted molar refractivity (Wildman–Crippen MR) is 127 cm³/mol. The van der Waals surface area contributed by atoms with Crippen molar-refractivity contribution in [2.24, 2.45) is 5.73 Å². The van der Waals surface area contributed by atoms with Gasteiger partial charge in [-0.05, 0) is 34.2 Å². The smallest absolute Gasteiger partial charge is 0.407 e. The van der Waals surface area contributed by atoms with Crippen molar-refractivity contribution >= 4 is 18.0 Å². The summed E-state index contributed by atoms with van der Waals surface area (Å²) in [5, 5.41) is 2.47. The van der Waals surface area contributed by atoms with Crippen molar-refractivity contribution in [3.05, 3.63) is 95.6 Å². The number of nitrogens with two attached hydrogens (primary N) is 1. The van der Waals surface area contributed by atoms with Crippen molar-refractivity contribution in [3.63, 3.8) is 0 Å². The molecular weight excluding hydrogens is 432 g/mol. The molecule has 0 unspecified atom stereocenters. The van der Waals surface area contributed by atoms with Crippen LogP contribution in [0.3, 0.4) is 0 Å². The number of alkyl carbamates (subject to hydrolysis) is 1. The Bertz CT molecular complexity index is 1130. The Morgan fingerprint density at radius 3 is 2.03 bits per heavy atom. The zero-order valence-corrected chi connectivity index (χ0v) is 18.6. The Morgan fingerprint density at radius 2 is 1.41 bits per heavy atom. The molecule has 0 heterocycles. The topological polar surface area (TPSA) is 108 Å². The molecule has 0 spiro atoms.